The summed E-state index contributed by atoms with van der Waals surface area (Å²) in [6, 6.07) is 13.9. The Hall–Kier alpha value is -3.06. The number of hydrogen-bond acceptors (Lipinski definition) is 6. The summed E-state index contributed by atoms with van der Waals surface area (Å²) in [5, 5.41) is 18.2. The first-order valence-corrected chi connectivity index (χ1v) is 8.12. The molecule has 0 aromatic heterocycles. The molecule has 7 nitrogen and oxygen atoms in total. The maximum absolute atomic E-state index is 11.0. The van der Waals surface area contributed by atoms with Crippen molar-refractivity contribution in [1.29, 1.82) is 0 Å². The summed E-state index contributed by atoms with van der Waals surface area (Å²) in [4.78, 5) is 23.5. The number of carboxylic acids is 1. The summed E-state index contributed by atoms with van der Waals surface area (Å²) < 4.78 is 11.3. The summed E-state index contributed by atoms with van der Waals surface area (Å²) in [7, 11) is 0. The molecule has 0 saturated carbocycles. The molecule has 2 aromatic carbocycles. The molecule has 2 rings (SSSR count). The average molecular weight is 359 g/mol. The number of rotatable bonds is 11. The number of aldehydes is 1. The molecule has 0 spiro atoms. The third-order valence-corrected chi connectivity index (χ3v) is 3.55. The van der Waals surface area contributed by atoms with E-state index in [1.54, 1.807) is 48.5 Å². The fourth-order valence-corrected chi connectivity index (χ4v) is 2.42. The van der Waals surface area contributed by atoms with Crippen LogP contribution in [0.2, 0.25) is 0 Å². The first-order valence-electron chi connectivity index (χ1n) is 8.12. The topological polar surface area (TPSA) is 96.3 Å². The lowest BCUT2D eigenvalue weighted by Gasteiger charge is -2.24. The van der Waals surface area contributed by atoms with E-state index in [1.807, 2.05) is 0 Å². The number of aliphatic hydroxyl groups excluding tert-OH is 1. The number of carbonyl (C=O) groups excluding carboxylic acids is 1. The molecule has 138 valence electrons. The van der Waals surface area contributed by atoms with Gasteiger partial charge < -0.3 is 24.6 Å². The Morgan fingerprint density at radius 3 is 2.27 bits per heavy atom. The van der Waals surface area contributed by atoms with Gasteiger partial charge in [-0.1, -0.05) is 24.3 Å². The molecule has 0 saturated heterocycles. The molecule has 0 aliphatic carbocycles. The van der Waals surface area contributed by atoms with E-state index in [2.05, 4.69) is 0 Å². The van der Waals surface area contributed by atoms with Gasteiger partial charge in [-0.2, -0.15) is 0 Å². The fourth-order valence-electron chi connectivity index (χ4n) is 2.42. The zero-order chi connectivity index (χ0) is 18.8. The predicted molar refractivity (Wildman–Crippen MR) is 96.2 cm³/mol. The summed E-state index contributed by atoms with van der Waals surface area (Å²) in [5.74, 6) is -0.0244. The van der Waals surface area contributed by atoms with Crippen molar-refractivity contribution in [3.63, 3.8) is 0 Å². The van der Waals surface area contributed by atoms with Crippen molar-refractivity contribution in [1.82, 2.24) is 0 Å². The molecule has 0 fully saturated rings. The van der Waals surface area contributed by atoms with E-state index < -0.39 is 5.97 Å². The molecule has 0 unspecified atom stereocenters. The summed E-state index contributed by atoms with van der Waals surface area (Å²) in [5.41, 5.74) is 1.04. The van der Waals surface area contributed by atoms with Crippen LogP contribution in [0.25, 0.3) is 0 Å². The summed E-state index contributed by atoms with van der Waals surface area (Å²) in [6.07, 6.45) is 0.726. The minimum Gasteiger partial charge on any atom is -0.489 e. The van der Waals surface area contributed by atoms with Crippen LogP contribution >= 0.6 is 0 Å². The number of para-hydroxylation sites is 3. The molecule has 0 aliphatic rings. The average Bonchev–Trinajstić information content (AvgIpc) is 2.65. The molecule has 0 heterocycles. The Morgan fingerprint density at radius 1 is 1.00 bits per heavy atom. The van der Waals surface area contributed by atoms with Crippen molar-refractivity contribution in [2.45, 2.75) is 0 Å². The van der Waals surface area contributed by atoms with Crippen LogP contribution in [0.3, 0.4) is 0 Å². The standard InChI is InChI=1S/C19H21NO6/c21-10-9-20(13-19(23)24)16-6-2-4-8-18(16)26-12-11-25-17-7-3-1-5-15(17)14-22/h1-8,14,21H,9-13H2,(H,23,24). The van der Waals surface area contributed by atoms with E-state index in [0.717, 1.165) is 6.29 Å². The van der Waals surface area contributed by atoms with E-state index in [-0.39, 0.29) is 32.9 Å². The zero-order valence-corrected chi connectivity index (χ0v) is 14.2. The molecule has 0 bridgehead atoms. The van der Waals surface area contributed by atoms with E-state index >= 15 is 0 Å². The number of aliphatic carboxylic acids is 1. The first kappa shape index (κ1) is 19.3. The Morgan fingerprint density at radius 2 is 1.62 bits per heavy atom. The first-order chi connectivity index (χ1) is 12.7. The highest BCUT2D eigenvalue weighted by molar-refractivity contribution is 5.79. The molecule has 0 radical (unpaired) electrons. The van der Waals surface area contributed by atoms with Gasteiger partial charge in [-0.05, 0) is 24.3 Å². The van der Waals surface area contributed by atoms with Gasteiger partial charge in [0.25, 0.3) is 0 Å². The molecule has 7 heteroatoms. The molecule has 0 atom stereocenters. The SMILES string of the molecule is O=Cc1ccccc1OCCOc1ccccc1N(CCO)CC(=O)O. The lowest BCUT2D eigenvalue weighted by atomic mass is 10.2. The van der Waals surface area contributed by atoms with Crippen LogP contribution in [0.15, 0.2) is 48.5 Å². The number of ether oxygens (including phenoxy) is 2. The van der Waals surface area contributed by atoms with Crippen molar-refractivity contribution in [3.05, 3.63) is 54.1 Å². The largest absolute Gasteiger partial charge is 0.489 e. The van der Waals surface area contributed by atoms with Gasteiger partial charge in [0.15, 0.2) is 6.29 Å². The Bertz CT molecular complexity index is 733. The van der Waals surface area contributed by atoms with Gasteiger partial charge in [0, 0.05) is 6.54 Å². The number of aliphatic hydroxyl groups is 1. The number of nitrogens with zero attached hydrogens (tertiary/aromatic N) is 1. The fraction of sp³-hybridized carbons (Fsp3) is 0.263. The van der Waals surface area contributed by atoms with Crippen molar-refractivity contribution < 1.29 is 29.3 Å². The third kappa shape index (κ3) is 5.49. The van der Waals surface area contributed by atoms with E-state index in [9.17, 15) is 9.59 Å². The predicted octanol–water partition coefficient (Wildman–Crippen LogP) is 1.84. The number of carboxylic acid groups (broad SMARTS) is 1. The second-order valence-corrected chi connectivity index (χ2v) is 5.36. The molecular formula is C19H21NO6. The highest BCUT2D eigenvalue weighted by Crippen LogP contribution is 2.27. The Kier molecular flexibility index (Phi) is 7.45. The van der Waals surface area contributed by atoms with Gasteiger partial charge in [0.1, 0.15) is 31.3 Å². The highest BCUT2D eigenvalue weighted by Gasteiger charge is 2.14. The molecule has 2 aromatic rings. The van der Waals surface area contributed by atoms with E-state index in [0.29, 0.717) is 22.7 Å². The van der Waals surface area contributed by atoms with Gasteiger partial charge in [-0.15, -0.1) is 0 Å². The Labute approximate surface area is 151 Å². The summed E-state index contributed by atoms with van der Waals surface area (Å²) >= 11 is 0. The number of benzene rings is 2. The minimum absolute atomic E-state index is 0.173. The number of carbonyl (C=O) groups is 2. The van der Waals surface area contributed by atoms with Gasteiger partial charge >= 0.3 is 5.97 Å². The van der Waals surface area contributed by atoms with Crippen LogP contribution in [-0.4, -0.2) is 55.4 Å². The van der Waals surface area contributed by atoms with Crippen LogP contribution in [0.5, 0.6) is 11.5 Å². The van der Waals surface area contributed by atoms with Gasteiger partial charge in [0.2, 0.25) is 0 Å². The van der Waals surface area contributed by atoms with Crippen LogP contribution in [0.1, 0.15) is 10.4 Å². The third-order valence-electron chi connectivity index (χ3n) is 3.55. The number of hydrogen-bond donors (Lipinski definition) is 2. The van der Waals surface area contributed by atoms with Crippen LogP contribution in [-0.2, 0) is 4.79 Å². The van der Waals surface area contributed by atoms with Crippen LogP contribution in [0, 0.1) is 0 Å². The van der Waals surface area contributed by atoms with Crippen molar-refractivity contribution in [2.75, 3.05) is 37.8 Å². The lowest BCUT2D eigenvalue weighted by molar-refractivity contribution is -0.135. The molecule has 26 heavy (non-hydrogen) atoms. The van der Waals surface area contributed by atoms with Crippen LogP contribution in [0.4, 0.5) is 5.69 Å². The molecule has 0 amide bonds. The maximum atomic E-state index is 11.0. The quantitative estimate of drug-likeness (QED) is 0.467. The maximum Gasteiger partial charge on any atom is 0.323 e. The van der Waals surface area contributed by atoms with E-state index in [1.165, 1.54) is 4.90 Å². The Balaban J connectivity index is 1.99. The van der Waals surface area contributed by atoms with Gasteiger partial charge in [-0.25, -0.2) is 0 Å². The summed E-state index contributed by atoms with van der Waals surface area (Å²) in [6.45, 7) is 0.190. The molecule has 2 N–H and O–H groups in total. The van der Waals surface area contributed by atoms with Crippen molar-refractivity contribution in [2.24, 2.45) is 0 Å². The second kappa shape index (κ2) is 10.0. The molecule has 0 aliphatic heterocycles. The van der Waals surface area contributed by atoms with Crippen LogP contribution < -0.4 is 14.4 Å². The van der Waals surface area contributed by atoms with Crippen molar-refractivity contribution >= 4 is 17.9 Å². The molecular weight excluding hydrogens is 338 g/mol. The van der Waals surface area contributed by atoms with Crippen molar-refractivity contribution in [3.8, 4) is 11.5 Å². The lowest BCUT2D eigenvalue weighted by Crippen LogP contribution is -2.32. The van der Waals surface area contributed by atoms with Gasteiger partial charge in [0.05, 0.1) is 17.9 Å². The highest BCUT2D eigenvalue weighted by atomic mass is 16.5. The zero-order valence-electron chi connectivity index (χ0n) is 14.2. The van der Waals surface area contributed by atoms with Gasteiger partial charge in [-0.3, -0.25) is 9.59 Å². The number of anilines is 1. The van der Waals surface area contributed by atoms with E-state index in [4.69, 9.17) is 19.7 Å². The normalized spacial score (nSPS) is 10.2. The monoisotopic (exact) mass is 359 g/mol. The smallest absolute Gasteiger partial charge is 0.323 e. The second-order valence-electron chi connectivity index (χ2n) is 5.36. The minimum atomic E-state index is -0.998.